The van der Waals surface area contributed by atoms with Crippen molar-refractivity contribution in [1.82, 2.24) is 19.6 Å². The Hall–Kier alpha value is -1.48. The number of aromatic nitrogens is 4. The van der Waals surface area contributed by atoms with Crippen LogP contribution in [0.4, 0.5) is 0 Å². The lowest BCUT2D eigenvalue weighted by atomic mass is 10.1. The Morgan fingerprint density at radius 2 is 2.21 bits per heavy atom. The Balaban J connectivity index is 2.12. The van der Waals surface area contributed by atoms with Crippen molar-refractivity contribution in [2.24, 2.45) is 0 Å². The monoisotopic (exact) mass is 284 g/mol. The van der Waals surface area contributed by atoms with Gasteiger partial charge >= 0.3 is 0 Å². The van der Waals surface area contributed by atoms with Crippen LogP contribution in [0, 0.1) is 0 Å². The van der Waals surface area contributed by atoms with Crippen LogP contribution in [-0.2, 0) is 11.3 Å². The van der Waals surface area contributed by atoms with Crippen molar-refractivity contribution < 1.29 is 14.9 Å². The summed E-state index contributed by atoms with van der Waals surface area (Å²) in [5.74, 6) is 0. The third-order valence-electron chi connectivity index (χ3n) is 3.59. The van der Waals surface area contributed by atoms with Crippen LogP contribution in [-0.4, -0.2) is 48.1 Å². The van der Waals surface area contributed by atoms with Crippen molar-refractivity contribution in [1.29, 1.82) is 0 Å². The van der Waals surface area contributed by atoms with E-state index in [0.29, 0.717) is 11.2 Å². The minimum Gasteiger partial charge on any atom is -0.387 e. The van der Waals surface area contributed by atoms with Crippen molar-refractivity contribution in [2.45, 2.75) is 31.1 Å². The molecule has 2 aliphatic rings. The van der Waals surface area contributed by atoms with E-state index in [-0.39, 0.29) is 11.6 Å². The van der Waals surface area contributed by atoms with Gasteiger partial charge in [-0.15, -0.1) is 5.10 Å². The first kappa shape index (κ1) is 11.4. The summed E-state index contributed by atoms with van der Waals surface area (Å²) in [6.45, 7) is 0.215. The Kier molecular flexibility index (Phi) is 2.12. The fourth-order valence-electron chi connectivity index (χ4n) is 2.68. The van der Waals surface area contributed by atoms with Crippen LogP contribution in [0.3, 0.4) is 0 Å². The maximum atomic E-state index is 12.2. The number of hydrogen-bond acceptors (Lipinski definition) is 6. The molecule has 1 saturated heterocycles. The van der Waals surface area contributed by atoms with Crippen molar-refractivity contribution in [3.8, 4) is 0 Å². The molecule has 4 rings (SSSR count). The minimum atomic E-state index is -1.19. The zero-order chi connectivity index (χ0) is 13.3. The zero-order valence-corrected chi connectivity index (χ0v) is 10.2. The molecule has 2 aliphatic heterocycles. The second-order valence-corrected chi connectivity index (χ2v) is 5.10. The summed E-state index contributed by atoms with van der Waals surface area (Å²) in [6.07, 6.45) is -3.88. The van der Waals surface area contributed by atoms with Gasteiger partial charge in [-0.2, -0.15) is 0 Å². The standard InChI is InChI=1S/C10H9ClN4O4/c11-3-1-4-8-14(13-12-4)2-5-6(16)7(17)10(19-5)15(8)9(3)18/h1,5-7,10,16-17H,2H2/t5-,6?,7?,10+/m1/s1. The van der Waals surface area contributed by atoms with E-state index < -0.39 is 30.1 Å². The summed E-state index contributed by atoms with van der Waals surface area (Å²) in [5, 5.41) is 27.7. The molecule has 1 fully saturated rings. The Labute approximate surface area is 110 Å². The Morgan fingerprint density at radius 1 is 1.42 bits per heavy atom. The number of hydrogen-bond donors (Lipinski definition) is 2. The van der Waals surface area contributed by atoms with E-state index in [2.05, 4.69) is 10.3 Å². The average Bonchev–Trinajstić information content (AvgIpc) is 2.82. The Bertz CT molecular complexity index is 741. The number of halogens is 1. The summed E-state index contributed by atoms with van der Waals surface area (Å²) in [7, 11) is 0. The second-order valence-electron chi connectivity index (χ2n) is 4.69. The molecule has 2 unspecified atom stereocenters. The van der Waals surface area contributed by atoms with Crippen LogP contribution >= 0.6 is 11.6 Å². The summed E-state index contributed by atoms with van der Waals surface area (Å²) in [4.78, 5) is 12.2. The van der Waals surface area contributed by atoms with Crippen molar-refractivity contribution in [3.63, 3.8) is 0 Å². The summed E-state index contributed by atoms with van der Waals surface area (Å²) in [6, 6.07) is 1.43. The number of aliphatic hydroxyl groups is 2. The van der Waals surface area contributed by atoms with E-state index in [1.165, 1.54) is 15.3 Å². The predicted molar refractivity (Wildman–Crippen MR) is 62.7 cm³/mol. The summed E-state index contributed by atoms with van der Waals surface area (Å²) < 4.78 is 8.22. The van der Waals surface area contributed by atoms with Gasteiger partial charge in [0, 0.05) is 0 Å². The van der Waals surface area contributed by atoms with Crippen LogP contribution < -0.4 is 5.56 Å². The van der Waals surface area contributed by atoms with Crippen LogP contribution in [0.5, 0.6) is 0 Å². The zero-order valence-electron chi connectivity index (χ0n) is 9.47. The molecule has 0 aromatic carbocycles. The van der Waals surface area contributed by atoms with E-state index in [1.807, 2.05) is 0 Å². The first-order chi connectivity index (χ1) is 9.08. The average molecular weight is 285 g/mol. The van der Waals surface area contributed by atoms with Gasteiger partial charge in [-0.05, 0) is 6.07 Å². The largest absolute Gasteiger partial charge is 0.387 e. The summed E-state index contributed by atoms with van der Waals surface area (Å²) in [5.41, 5.74) is 0.381. The normalized spacial score (nSPS) is 32.8. The highest BCUT2D eigenvalue weighted by Gasteiger charge is 2.47. The molecule has 0 saturated carbocycles. The Morgan fingerprint density at radius 3 is 3.00 bits per heavy atom. The van der Waals surface area contributed by atoms with Gasteiger partial charge in [-0.3, -0.25) is 9.36 Å². The highest BCUT2D eigenvalue weighted by atomic mass is 35.5. The highest BCUT2D eigenvalue weighted by molar-refractivity contribution is 6.30. The van der Waals surface area contributed by atoms with Crippen LogP contribution in [0.15, 0.2) is 10.9 Å². The van der Waals surface area contributed by atoms with Crippen molar-refractivity contribution in [2.75, 3.05) is 0 Å². The van der Waals surface area contributed by atoms with Crippen LogP contribution in [0.25, 0.3) is 11.2 Å². The van der Waals surface area contributed by atoms with E-state index in [0.717, 1.165) is 0 Å². The predicted octanol–water partition coefficient (Wildman–Crippen LogP) is -1.12. The van der Waals surface area contributed by atoms with E-state index in [9.17, 15) is 15.0 Å². The molecule has 19 heavy (non-hydrogen) atoms. The van der Waals surface area contributed by atoms with Gasteiger partial charge < -0.3 is 14.9 Å². The molecule has 2 aromatic rings. The number of rotatable bonds is 0. The molecule has 4 heterocycles. The maximum absolute atomic E-state index is 12.2. The third-order valence-corrected chi connectivity index (χ3v) is 3.86. The number of nitrogens with zero attached hydrogens (tertiary/aromatic N) is 4. The lowest BCUT2D eigenvalue weighted by Crippen LogP contribution is -2.38. The number of aliphatic hydroxyl groups excluding tert-OH is 2. The molecule has 100 valence electrons. The van der Waals surface area contributed by atoms with Gasteiger partial charge in [-0.25, -0.2) is 4.68 Å². The van der Waals surface area contributed by atoms with Gasteiger partial charge in [0.25, 0.3) is 5.56 Å². The number of pyridine rings is 1. The molecule has 0 spiro atoms. The van der Waals surface area contributed by atoms with Gasteiger partial charge in [0.1, 0.15) is 28.9 Å². The quantitative estimate of drug-likeness (QED) is 0.635. The van der Waals surface area contributed by atoms with E-state index in [4.69, 9.17) is 16.3 Å². The molecule has 0 aliphatic carbocycles. The third kappa shape index (κ3) is 1.31. The van der Waals surface area contributed by atoms with Gasteiger partial charge in [0.15, 0.2) is 11.9 Å². The number of ether oxygens (including phenoxy) is 1. The van der Waals surface area contributed by atoms with Crippen molar-refractivity contribution >= 4 is 22.8 Å². The first-order valence-corrected chi connectivity index (χ1v) is 6.11. The molecule has 2 N–H and O–H groups in total. The topological polar surface area (TPSA) is 102 Å². The maximum Gasteiger partial charge on any atom is 0.273 e. The molecule has 8 nitrogen and oxygen atoms in total. The van der Waals surface area contributed by atoms with Gasteiger partial charge in [0.05, 0.1) is 6.54 Å². The van der Waals surface area contributed by atoms with E-state index in [1.54, 1.807) is 0 Å². The van der Waals surface area contributed by atoms with Crippen molar-refractivity contribution in [3.05, 3.63) is 21.4 Å². The van der Waals surface area contributed by atoms with E-state index >= 15 is 0 Å². The lowest BCUT2D eigenvalue weighted by molar-refractivity contribution is -0.0351. The highest BCUT2D eigenvalue weighted by Crippen LogP contribution is 2.34. The van der Waals surface area contributed by atoms with Gasteiger partial charge in [-0.1, -0.05) is 16.8 Å². The first-order valence-electron chi connectivity index (χ1n) is 5.74. The smallest absolute Gasteiger partial charge is 0.273 e. The molecule has 2 bridgehead atoms. The molecular weight excluding hydrogens is 276 g/mol. The van der Waals surface area contributed by atoms with Gasteiger partial charge in [0.2, 0.25) is 0 Å². The molecule has 0 radical (unpaired) electrons. The number of fused-ring (bicyclic) bond motifs is 3. The molecule has 9 heteroatoms. The van der Waals surface area contributed by atoms with Crippen LogP contribution in [0.2, 0.25) is 5.02 Å². The lowest BCUT2D eigenvalue weighted by Gasteiger charge is -2.19. The molecular formula is C10H9ClN4O4. The molecule has 4 atom stereocenters. The molecule has 2 aromatic heterocycles. The van der Waals surface area contributed by atoms with Crippen LogP contribution in [0.1, 0.15) is 6.23 Å². The second kappa shape index (κ2) is 3.54. The summed E-state index contributed by atoms with van der Waals surface area (Å²) >= 11 is 5.87. The molecule has 0 amide bonds. The fourth-order valence-corrected chi connectivity index (χ4v) is 2.87. The SMILES string of the molecule is O=c1c(Cl)cc2nnn3c2n1[C@H]1O[C@H](C3)C(O)C1O. The fraction of sp³-hybridized carbons (Fsp3) is 0.500. The minimum absolute atomic E-state index is 0.0322.